The Morgan fingerprint density at radius 2 is 2.24 bits per heavy atom. The highest BCUT2D eigenvalue weighted by atomic mass is 32.2. The van der Waals surface area contributed by atoms with Crippen LogP contribution in [0.2, 0.25) is 0 Å². The molecule has 1 aliphatic heterocycles. The van der Waals surface area contributed by atoms with Crippen LogP contribution in [0.3, 0.4) is 0 Å². The van der Waals surface area contributed by atoms with E-state index in [9.17, 15) is 13.2 Å². The third-order valence-electron chi connectivity index (χ3n) is 4.35. The van der Waals surface area contributed by atoms with Crippen molar-refractivity contribution in [2.75, 3.05) is 24.7 Å². The number of urea groups is 1. The number of rotatable bonds is 5. The van der Waals surface area contributed by atoms with Crippen molar-refractivity contribution >= 4 is 43.3 Å². The van der Waals surface area contributed by atoms with Gasteiger partial charge in [-0.1, -0.05) is 6.42 Å². The molecule has 2 heterocycles. The number of aromatic nitrogens is 1. The summed E-state index contributed by atoms with van der Waals surface area (Å²) in [6.45, 7) is 1.01. The summed E-state index contributed by atoms with van der Waals surface area (Å²) >= 11 is 1.52. The number of hydrogen-bond acceptors (Lipinski definition) is 5. The smallest absolute Gasteiger partial charge is 0.319 e. The minimum absolute atomic E-state index is 0.0300. The van der Waals surface area contributed by atoms with Crippen molar-refractivity contribution in [2.45, 2.75) is 31.7 Å². The van der Waals surface area contributed by atoms with Crippen LogP contribution in [0.4, 0.5) is 10.5 Å². The molecule has 2 amide bonds. The van der Waals surface area contributed by atoms with E-state index in [1.54, 1.807) is 9.82 Å². The number of anilines is 1. The number of fused-ring (bicyclic) bond motifs is 1. The van der Waals surface area contributed by atoms with Crippen LogP contribution in [0.5, 0.6) is 0 Å². The van der Waals surface area contributed by atoms with Crippen LogP contribution in [0.1, 0.15) is 25.7 Å². The Balaban J connectivity index is 1.50. The Hall–Kier alpha value is -1.71. The zero-order valence-corrected chi connectivity index (χ0v) is 15.7. The zero-order valence-electron chi connectivity index (χ0n) is 14.1. The van der Waals surface area contributed by atoms with Crippen molar-refractivity contribution in [3.05, 3.63) is 23.7 Å². The fraction of sp³-hybridized carbons (Fsp3) is 0.500. The first-order valence-electron chi connectivity index (χ1n) is 8.28. The molecule has 1 atom stereocenters. The van der Waals surface area contributed by atoms with E-state index in [1.807, 2.05) is 18.2 Å². The van der Waals surface area contributed by atoms with Crippen LogP contribution in [0.15, 0.2) is 23.7 Å². The lowest BCUT2D eigenvalue weighted by Gasteiger charge is -2.33. The van der Waals surface area contributed by atoms with Crippen LogP contribution in [-0.4, -0.2) is 49.1 Å². The predicted octanol–water partition coefficient (Wildman–Crippen LogP) is 2.62. The average molecular weight is 383 g/mol. The van der Waals surface area contributed by atoms with Crippen LogP contribution in [0.25, 0.3) is 10.2 Å². The number of thiazole rings is 1. The second kappa shape index (κ2) is 7.67. The summed E-state index contributed by atoms with van der Waals surface area (Å²) in [6.07, 6.45) is 4.64. The number of nitrogens with zero attached hydrogens (tertiary/aromatic N) is 2. The van der Waals surface area contributed by atoms with Gasteiger partial charge in [-0.15, -0.1) is 11.3 Å². The van der Waals surface area contributed by atoms with Crippen LogP contribution < -0.4 is 10.6 Å². The molecule has 9 heteroatoms. The molecule has 7 nitrogen and oxygen atoms in total. The van der Waals surface area contributed by atoms with E-state index < -0.39 is 10.0 Å². The fourth-order valence-corrected chi connectivity index (χ4v) is 5.09. The van der Waals surface area contributed by atoms with Crippen molar-refractivity contribution in [2.24, 2.45) is 0 Å². The van der Waals surface area contributed by atoms with Gasteiger partial charge in [-0.05, 0) is 37.5 Å². The van der Waals surface area contributed by atoms with Gasteiger partial charge in [0.05, 0.1) is 22.0 Å². The van der Waals surface area contributed by atoms with Gasteiger partial charge >= 0.3 is 6.03 Å². The van der Waals surface area contributed by atoms with Gasteiger partial charge in [0.2, 0.25) is 10.0 Å². The van der Waals surface area contributed by atoms with E-state index in [0.717, 1.165) is 29.5 Å². The summed E-state index contributed by atoms with van der Waals surface area (Å²) < 4.78 is 26.3. The summed E-state index contributed by atoms with van der Waals surface area (Å²) in [5.74, 6) is 0. The number of sulfonamides is 1. The minimum atomic E-state index is -3.19. The monoisotopic (exact) mass is 382 g/mol. The van der Waals surface area contributed by atoms with E-state index >= 15 is 0 Å². The van der Waals surface area contributed by atoms with Crippen molar-refractivity contribution in [1.29, 1.82) is 0 Å². The first-order chi connectivity index (χ1) is 11.9. The standard InChI is InChI=1S/C16H22N4O3S2/c1-25(22,23)20-9-3-2-4-13(20)7-8-17-16(21)19-12-5-6-14-15(10-12)24-11-18-14/h5-6,10-11,13H,2-4,7-9H2,1H3,(H2,17,19,21)/t13-/m1/s1. The second-order valence-electron chi connectivity index (χ2n) is 6.23. The van der Waals surface area contributed by atoms with E-state index in [2.05, 4.69) is 15.6 Å². The van der Waals surface area contributed by atoms with E-state index in [4.69, 9.17) is 0 Å². The molecule has 25 heavy (non-hydrogen) atoms. The maximum absolute atomic E-state index is 12.0. The van der Waals surface area contributed by atoms with E-state index in [0.29, 0.717) is 25.2 Å². The van der Waals surface area contributed by atoms with Gasteiger partial charge in [-0.3, -0.25) is 0 Å². The largest absolute Gasteiger partial charge is 0.338 e. The van der Waals surface area contributed by atoms with Crippen molar-refractivity contribution in [1.82, 2.24) is 14.6 Å². The Bertz CT molecular complexity index is 850. The Labute approximate surface area is 151 Å². The Kier molecular flexibility index (Phi) is 5.55. The maximum atomic E-state index is 12.0. The third kappa shape index (κ3) is 4.68. The molecule has 0 bridgehead atoms. The van der Waals surface area contributed by atoms with Gasteiger partial charge in [-0.2, -0.15) is 4.31 Å². The lowest BCUT2D eigenvalue weighted by atomic mass is 10.0. The average Bonchev–Trinajstić information content (AvgIpc) is 3.02. The summed E-state index contributed by atoms with van der Waals surface area (Å²) in [5.41, 5.74) is 3.39. The number of carbonyl (C=O) groups is 1. The summed E-state index contributed by atoms with van der Waals surface area (Å²) in [4.78, 5) is 16.2. The van der Waals surface area contributed by atoms with Crippen molar-refractivity contribution in [3.63, 3.8) is 0 Å². The molecule has 1 aliphatic rings. The molecular formula is C16H22N4O3S2. The SMILES string of the molecule is CS(=O)(=O)N1CCCC[C@@H]1CCNC(=O)Nc1ccc2ncsc2c1. The summed E-state index contributed by atoms with van der Waals surface area (Å²) in [6, 6.07) is 5.25. The molecule has 0 spiro atoms. The van der Waals surface area contributed by atoms with E-state index in [-0.39, 0.29) is 12.1 Å². The van der Waals surface area contributed by atoms with Crippen molar-refractivity contribution < 1.29 is 13.2 Å². The molecule has 1 fully saturated rings. The zero-order chi connectivity index (χ0) is 17.9. The van der Waals surface area contributed by atoms with Gasteiger partial charge in [0.15, 0.2) is 0 Å². The number of nitrogens with one attached hydrogen (secondary N) is 2. The number of carbonyl (C=O) groups excluding carboxylic acids is 1. The van der Waals surface area contributed by atoms with Gasteiger partial charge < -0.3 is 10.6 Å². The molecule has 1 aromatic heterocycles. The second-order valence-corrected chi connectivity index (χ2v) is 9.05. The van der Waals surface area contributed by atoms with Crippen LogP contribution in [-0.2, 0) is 10.0 Å². The van der Waals surface area contributed by atoms with Crippen molar-refractivity contribution in [3.8, 4) is 0 Å². The lowest BCUT2D eigenvalue weighted by molar-refractivity contribution is 0.235. The molecule has 2 N–H and O–H groups in total. The molecule has 136 valence electrons. The number of amides is 2. The molecule has 2 aromatic rings. The van der Waals surface area contributed by atoms with Gasteiger partial charge in [-0.25, -0.2) is 18.2 Å². The summed E-state index contributed by atoms with van der Waals surface area (Å²) in [7, 11) is -3.19. The predicted molar refractivity (Wildman–Crippen MR) is 100 cm³/mol. The highest BCUT2D eigenvalue weighted by Crippen LogP contribution is 2.23. The van der Waals surface area contributed by atoms with E-state index in [1.165, 1.54) is 17.6 Å². The van der Waals surface area contributed by atoms with Gasteiger partial charge in [0, 0.05) is 24.8 Å². The molecule has 1 saturated heterocycles. The van der Waals surface area contributed by atoms with Gasteiger partial charge in [0.1, 0.15) is 0 Å². The normalized spacial score (nSPS) is 19.0. The van der Waals surface area contributed by atoms with Crippen LogP contribution >= 0.6 is 11.3 Å². The Morgan fingerprint density at radius 1 is 1.40 bits per heavy atom. The number of hydrogen-bond donors (Lipinski definition) is 2. The molecule has 1 aromatic carbocycles. The molecule has 0 radical (unpaired) electrons. The molecule has 3 rings (SSSR count). The molecular weight excluding hydrogens is 360 g/mol. The lowest BCUT2D eigenvalue weighted by Crippen LogP contribution is -2.44. The first-order valence-corrected chi connectivity index (χ1v) is 11.0. The number of piperidine rings is 1. The maximum Gasteiger partial charge on any atom is 0.319 e. The van der Waals surface area contributed by atoms with Gasteiger partial charge in [0.25, 0.3) is 0 Å². The topological polar surface area (TPSA) is 91.4 Å². The minimum Gasteiger partial charge on any atom is -0.338 e. The Morgan fingerprint density at radius 3 is 3.04 bits per heavy atom. The first kappa shape index (κ1) is 18.1. The fourth-order valence-electron chi connectivity index (χ4n) is 3.16. The molecule has 0 unspecified atom stereocenters. The van der Waals surface area contributed by atoms with Crippen LogP contribution in [0, 0.1) is 0 Å². The third-order valence-corrected chi connectivity index (χ3v) is 6.48. The highest BCUT2D eigenvalue weighted by molar-refractivity contribution is 7.88. The number of benzene rings is 1. The molecule has 0 aliphatic carbocycles. The quantitative estimate of drug-likeness (QED) is 0.831. The molecule has 0 saturated carbocycles. The highest BCUT2D eigenvalue weighted by Gasteiger charge is 2.28. The summed E-state index contributed by atoms with van der Waals surface area (Å²) in [5, 5.41) is 5.61.